The number of hydrogen-bond acceptors (Lipinski definition) is 5. The molecule has 0 amide bonds. The van der Waals surface area contributed by atoms with Gasteiger partial charge in [-0.2, -0.15) is 0 Å². The van der Waals surface area contributed by atoms with Crippen LogP contribution in [0.5, 0.6) is 5.75 Å². The molecule has 1 heterocycles. The first-order chi connectivity index (χ1) is 10.2. The summed E-state index contributed by atoms with van der Waals surface area (Å²) in [7, 11) is 0. The molecule has 0 aliphatic rings. The predicted octanol–water partition coefficient (Wildman–Crippen LogP) is 1.49. The summed E-state index contributed by atoms with van der Waals surface area (Å²) in [4.78, 5) is 36.6. The highest BCUT2D eigenvalue weighted by molar-refractivity contribution is 9.10. The van der Waals surface area contributed by atoms with Crippen LogP contribution in [0.15, 0.2) is 27.5 Å². The van der Waals surface area contributed by atoms with E-state index in [0.717, 1.165) is 0 Å². The molecule has 9 heteroatoms. The molecule has 1 aromatic carbocycles. The van der Waals surface area contributed by atoms with E-state index in [9.17, 15) is 29.7 Å². The summed E-state index contributed by atoms with van der Waals surface area (Å²) < 4.78 is 0.205. The number of nitrogens with one attached hydrogen (secondary N) is 1. The van der Waals surface area contributed by atoms with Crippen molar-refractivity contribution in [3.8, 4) is 16.9 Å². The SMILES string of the molecule is Nc1[nH]c(=O)c(C(=O)O)c(-c2ccc(O)c(Br)c2)c1C(=O)O. The maximum atomic E-state index is 11.8. The van der Waals surface area contributed by atoms with Crippen LogP contribution in [0.4, 0.5) is 5.82 Å². The van der Waals surface area contributed by atoms with E-state index in [0.29, 0.717) is 0 Å². The van der Waals surface area contributed by atoms with E-state index in [1.54, 1.807) is 0 Å². The number of halogens is 1. The van der Waals surface area contributed by atoms with Crippen molar-refractivity contribution >= 4 is 33.7 Å². The van der Waals surface area contributed by atoms with Gasteiger partial charge in [-0.05, 0) is 33.6 Å². The number of aromatic carboxylic acids is 2. The first-order valence-corrected chi connectivity index (χ1v) is 6.54. The molecule has 22 heavy (non-hydrogen) atoms. The lowest BCUT2D eigenvalue weighted by Gasteiger charge is -2.12. The van der Waals surface area contributed by atoms with Crippen LogP contribution in [-0.2, 0) is 0 Å². The lowest BCUT2D eigenvalue weighted by atomic mass is 9.95. The average molecular weight is 369 g/mol. The molecule has 0 aliphatic carbocycles. The van der Waals surface area contributed by atoms with E-state index >= 15 is 0 Å². The fourth-order valence-electron chi connectivity index (χ4n) is 2.00. The number of phenolic OH excluding ortho intramolecular Hbond substituents is 1. The quantitative estimate of drug-likeness (QED) is 0.549. The van der Waals surface area contributed by atoms with Gasteiger partial charge in [0.15, 0.2) is 0 Å². The van der Waals surface area contributed by atoms with Crippen molar-refractivity contribution in [2.24, 2.45) is 0 Å². The number of hydrogen-bond donors (Lipinski definition) is 5. The predicted molar refractivity (Wildman–Crippen MR) is 80.2 cm³/mol. The van der Waals surface area contributed by atoms with Crippen LogP contribution >= 0.6 is 15.9 Å². The first kappa shape index (κ1) is 15.6. The minimum Gasteiger partial charge on any atom is -0.507 e. The molecular formula is C13H9BrN2O6. The number of H-pyrrole nitrogens is 1. The number of aromatic nitrogens is 1. The van der Waals surface area contributed by atoms with Crippen LogP contribution in [0.1, 0.15) is 20.7 Å². The Bertz CT molecular complexity index is 858. The molecule has 2 aromatic rings. The summed E-state index contributed by atoms with van der Waals surface area (Å²) in [6.45, 7) is 0. The molecule has 0 fully saturated rings. The highest BCUT2D eigenvalue weighted by Gasteiger charge is 2.26. The monoisotopic (exact) mass is 368 g/mol. The molecule has 0 saturated heterocycles. The smallest absolute Gasteiger partial charge is 0.342 e. The molecular weight excluding hydrogens is 360 g/mol. The van der Waals surface area contributed by atoms with Gasteiger partial charge in [0, 0.05) is 5.56 Å². The fraction of sp³-hybridized carbons (Fsp3) is 0. The van der Waals surface area contributed by atoms with Gasteiger partial charge in [0.05, 0.1) is 4.47 Å². The molecule has 0 radical (unpaired) electrons. The fourth-order valence-corrected chi connectivity index (χ4v) is 2.38. The third-order valence-corrected chi connectivity index (χ3v) is 3.54. The van der Waals surface area contributed by atoms with Crippen LogP contribution in [0.2, 0.25) is 0 Å². The van der Waals surface area contributed by atoms with Gasteiger partial charge in [-0.25, -0.2) is 9.59 Å². The molecule has 0 bridgehead atoms. The van der Waals surface area contributed by atoms with Gasteiger partial charge in [0.1, 0.15) is 22.7 Å². The summed E-state index contributed by atoms with van der Waals surface area (Å²) in [5.74, 6) is -3.67. The Kier molecular flexibility index (Phi) is 3.91. The molecule has 6 N–H and O–H groups in total. The molecule has 8 nitrogen and oxygen atoms in total. The Morgan fingerprint density at radius 3 is 2.23 bits per heavy atom. The first-order valence-electron chi connectivity index (χ1n) is 5.75. The second kappa shape index (κ2) is 5.53. The number of aromatic hydroxyl groups is 1. The number of carboxylic acids is 2. The lowest BCUT2D eigenvalue weighted by Crippen LogP contribution is -2.24. The van der Waals surface area contributed by atoms with Crippen molar-refractivity contribution in [2.45, 2.75) is 0 Å². The minimum atomic E-state index is -1.59. The average Bonchev–Trinajstić information content (AvgIpc) is 2.39. The highest BCUT2D eigenvalue weighted by atomic mass is 79.9. The van der Waals surface area contributed by atoms with Crippen LogP contribution in [0, 0.1) is 0 Å². The van der Waals surface area contributed by atoms with Gasteiger partial charge in [0.25, 0.3) is 5.56 Å². The minimum absolute atomic E-state index is 0.109. The number of benzene rings is 1. The highest BCUT2D eigenvalue weighted by Crippen LogP contribution is 2.34. The van der Waals surface area contributed by atoms with Crippen molar-refractivity contribution in [3.63, 3.8) is 0 Å². The van der Waals surface area contributed by atoms with Crippen molar-refractivity contribution < 1.29 is 24.9 Å². The van der Waals surface area contributed by atoms with Gasteiger partial charge < -0.3 is 26.0 Å². The summed E-state index contributed by atoms with van der Waals surface area (Å²) in [6.07, 6.45) is 0. The molecule has 2 rings (SSSR count). The zero-order valence-corrected chi connectivity index (χ0v) is 12.3. The molecule has 0 atom stereocenters. The third-order valence-electron chi connectivity index (χ3n) is 2.91. The van der Waals surface area contributed by atoms with Crippen molar-refractivity contribution in [2.75, 3.05) is 5.73 Å². The number of anilines is 1. The van der Waals surface area contributed by atoms with Gasteiger partial charge in [-0.1, -0.05) is 6.07 Å². The van der Waals surface area contributed by atoms with Crippen LogP contribution in [-0.4, -0.2) is 32.2 Å². The number of aromatic amines is 1. The summed E-state index contributed by atoms with van der Waals surface area (Å²) >= 11 is 3.04. The van der Waals surface area contributed by atoms with Crippen molar-refractivity contribution in [1.82, 2.24) is 4.98 Å². The summed E-state index contributed by atoms with van der Waals surface area (Å²) in [6, 6.07) is 3.81. The number of carboxylic acid groups (broad SMARTS) is 2. The van der Waals surface area contributed by atoms with Crippen molar-refractivity contribution in [1.29, 1.82) is 0 Å². The second-order valence-electron chi connectivity index (χ2n) is 4.27. The Balaban J connectivity index is 2.98. The summed E-state index contributed by atoms with van der Waals surface area (Å²) in [5, 5.41) is 28.0. The normalized spacial score (nSPS) is 10.4. The Labute approximate surface area is 131 Å². The van der Waals surface area contributed by atoms with Crippen LogP contribution < -0.4 is 11.3 Å². The molecule has 1 aromatic heterocycles. The van der Waals surface area contributed by atoms with Gasteiger partial charge in [0.2, 0.25) is 0 Å². The maximum absolute atomic E-state index is 11.8. The van der Waals surface area contributed by atoms with E-state index in [4.69, 9.17) is 5.73 Å². The van der Waals surface area contributed by atoms with Gasteiger partial charge in [-0.15, -0.1) is 0 Å². The standard InChI is InChI=1S/C13H9BrN2O6/c14-5-3-4(1-2-6(5)17)7-8(12(19)20)10(15)16-11(18)9(7)13(21)22/h1-3,17H,(H,19,20)(H,21,22)(H3,15,16,18). The molecule has 0 unspecified atom stereocenters. The molecule has 0 aliphatic heterocycles. The lowest BCUT2D eigenvalue weighted by molar-refractivity contribution is 0.0695. The second-order valence-corrected chi connectivity index (χ2v) is 5.12. The van der Waals surface area contributed by atoms with Crippen molar-refractivity contribution in [3.05, 3.63) is 44.2 Å². The number of carbonyl (C=O) groups is 2. The molecule has 114 valence electrons. The number of nitrogen functional groups attached to an aromatic ring is 1. The van der Waals surface area contributed by atoms with Crippen LogP contribution in [0.25, 0.3) is 11.1 Å². The van der Waals surface area contributed by atoms with E-state index in [2.05, 4.69) is 15.9 Å². The third kappa shape index (κ3) is 2.53. The number of phenols is 1. The zero-order chi connectivity index (χ0) is 16.6. The van der Waals surface area contributed by atoms with Gasteiger partial charge >= 0.3 is 11.9 Å². The van der Waals surface area contributed by atoms with Crippen LogP contribution in [0.3, 0.4) is 0 Å². The van der Waals surface area contributed by atoms with Gasteiger partial charge in [-0.3, -0.25) is 4.79 Å². The maximum Gasteiger partial charge on any atom is 0.342 e. The number of nitrogens with two attached hydrogens (primary N) is 1. The Hall–Kier alpha value is -2.81. The number of rotatable bonds is 3. The van der Waals surface area contributed by atoms with E-state index in [-0.39, 0.29) is 21.3 Å². The molecule has 0 spiro atoms. The molecule has 0 saturated carbocycles. The topological polar surface area (TPSA) is 154 Å². The summed E-state index contributed by atoms with van der Waals surface area (Å²) in [5.41, 5.74) is 2.99. The number of pyridine rings is 1. The van der Waals surface area contributed by atoms with E-state index in [1.807, 2.05) is 4.98 Å². The van der Waals surface area contributed by atoms with E-state index < -0.39 is 34.4 Å². The zero-order valence-electron chi connectivity index (χ0n) is 10.8. The Morgan fingerprint density at radius 1 is 1.14 bits per heavy atom. The largest absolute Gasteiger partial charge is 0.507 e. The van der Waals surface area contributed by atoms with E-state index in [1.165, 1.54) is 18.2 Å². The Morgan fingerprint density at radius 2 is 1.73 bits per heavy atom.